The van der Waals surface area contributed by atoms with Gasteiger partial charge in [-0.1, -0.05) is 6.92 Å². The first-order valence-corrected chi connectivity index (χ1v) is 7.52. The van der Waals surface area contributed by atoms with E-state index in [1.165, 1.54) is 19.3 Å². The SMILES string of the molecule is CCC(COC)Nc1nc(Cl)nc(N2CCCCC2)n1. The van der Waals surface area contributed by atoms with Crippen molar-refractivity contribution < 1.29 is 4.74 Å². The second kappa shape index (κ2) is 7.59. The fourth-order valence-corrected chi connectivity index (χ4v) is 2.44. The molecule has 7 heteroatoms. The van der Waals surface area contributed by atoms with E-state index in [0.717, 1.165) is 19.5 Å². The number of nitrogens with zero attached hydrogens (tertiary/aromatic N) is 4. The van der Waals surface area contributed by atoms with Crippen molar-refractivity contribution >= 4 is 23.5 Å². The molecule has 2 rings (SSSR count). The van der Waals surface area contributed by atoms with Crippen molar-refractivity contribution in [2.24, 2.45) is 0 Å². The molecule has 0 aromatic carbocycles. The Labute approximate surface area is 124 Å². The van der Waals surface area contributed by atoms with E-state index in [1.807, 2.05) is 0 Å². The van der Waals surface area contributed by atoms with Crippen LogP contribution in [0, 0.1) is 0 Å². The van der Waals surface area contributed by atoms with Crippen LogP contribution in [0.2, 0.25) is 5.28 Å². The molecule has 1 aliphatic rings. The van der Waals surface area contributed by atoms with Crippen LogP contribution < -0.4 is 10.2 Å². The standard InChI is InChI=1S/C13H22ClN5O/c1-3-10(9-20-2)15-12-16-11(14)17-13(18-12)19-7-5-4-6-8-19/h10H,3-9H2,1-2H3,(H,15,16,17,18). The highest BCUT2D eigenvalue weighted by molar-refractivity contribution is 6.28. The van der Waals surface area contributed by atoms with Gasteiger partial charge in [-0.3, -0.25) is 0 Å². The highest BCUT2D eigenvalue weighted by Crippen LogP contribution is 2.19. The van der Waals surface area contributed by atoms with Crippen molar-refractivity contribution in [2.75, 3.05) is 37.0 Å². The molecule has 1 aromatic rings. The number of hydrogen-bond acceptors (Lipinski definition) is 6. The first kappa shape index (κ1) is 15.3. The summed E-state index contributed by atoms with van der Waals surface area (Å²) in [4.78, 5) is 15.0. The summed E-state index contributed by atoms with van der Waals surface area (Å²) in [6, 6.07) is 0.174. The predicted molar refractivity (Wildman–Crippen MR) is 80.5 cm³/mol. The Morgan fingerprint density at radius 2 is 2.00 bits per heavy atom. The van der Waals surface area contributed by atoms with Gasteiger partial charge in [0, 0.05) is 20.2 Å². The summed E-state index contributed by atoms with van der Waals surface area (Å²) >= 11 is 6.01. The average Bonchev–Trinajstić information content (AvgIpc) is 2.47. The number of rotatable bonds is 6. The molecular formula is C13H22ClN5O. The zero-order chi connectivity index (χ0) is 14.4. The van der Waals surface area contributed by atoms with Crippen LogP contribution in [0.1, 0.15) is 32.6 Å². The topological polar surface area (TPSA) is 63.2 Å². The average molecular weight is 300 g/mol. The summed E-state index contributed by atoms with van der Waals surface area (Å²) in [6.45, 7) is 4.66. The highest BCUT2D eigenvalue weighted by Gasteiger charge is 2.16. The zero-order valence-corrected chi connectivity index (χ0v) is 12.9. The molecule has 0 bridgehead atoms. The van der Waals surface area contributed by atoms with Crippen molar-refractivity contribution in [3.05, 3.63) is 5.28 Å². The molecule has 1 atom stereocenters. The van der Waals surface area contributed by atoms with Gasteiger partial charge in [-0.05, 0) is 37.3 Å². The summed E-state index contributed by atoms with van der Waals surface area (Å²) in [6.07, 6.45) is 4.54. The minimum Gasteiger partial charge on any atom is -0.383 e. The Balaban J connectivity index is 2.10. The van der Waals surface area contributed by atoms with Crippen LogP contribution in [0.5, 0.6) is 0 Å². The van der Waals surface area contributed by atoms with Gasteiger partial charge >= 0.3 is 0 Å². The molecule has 1 aromatic heterocycles. The number of halogens is 1. The monoisotopic (exact) mass is 299 g/mol. The number of piperidine rings is 1. The van der Waals surface area contributed by atoms with Gasteiger partial charge in [-0.2, -0.15) is 15.0 Å². The quantitative estimate of drug-likeness (QED) is 0.870. The van der Waals surface area contributed by atoms with Crippen LogP contribution in [0.3, 0.4) is 0 Å². The summed E-state index contributed by atoms with van der Waals surface area (Å²) in [5.74, 6) is 1.19. The fourth-order valence-electron chi connectivity index (χ4n) is 2.28. The van der Waals surface area contributed by atoms with Crippen LogP contribution in [-0.2, 0) is 4.74 Å². The van der Waals surface area contributed by atoms with E-state index < -0.39 is 0 Å². The normalized spacial score (nSPS) is 17.1. The molecule has 0 amide bonds. The summed E-state index contributed by atoms with van der Waals surface area (Å²) < 4.78 is 5.17. The summed E-state index contributed by atoms with van der Waals surface area (Å²) in [7, 11) is 1.68. The van der Waals surface area contributed by atoms with E-state index in [1.54, 1.807) is 7.11 Å². The maximum Gasteiger partial charge on any atom is 0.231 e. The third-order valence-corrected chi connectivity index (χ3v) is 3.60. The number of aromatic nitrogens is 3. The van der Waals surface area contributed by atoms with Gasteiger partial charge in [0.1, 0.15) is 0 Å². The third kappa shape index (κ3) is 4.18. The van der Waals surface area contributed by atoms with Crippen molar-refractivity contribution in [1.29, 1.82) is 0 Å². The minimum absolute atomic E-state index is 0.174. The molecule has 1 aliphatic heterocycles. The van der Waals surface area contributed by atoms with Crippen molar-refractivity contribution in [3.8, 4) is 0 Å². The molecule has 0 saturated carbocycles. The molecule has 6 nitrogen and oxygen atoms in total. The van der Waals surface area contributed by atoms with Crippen LogP contribution in [0.4, 0.5) is 11.9 Å². The smallest absolute Gasteiger partial charge is 0.231 e. The number of nitrogens with one attached hydrogen (secondary N) is 1. The number of methoxy groups -OCH3 is 1. The molecule has 1 fully saturated rings. The lowest BCUT2D eigenvalue weighted by molar-refractivity contribution is 0.184. The molecule has 1 N–H and O–H groups in total. The van der Waals surface area contributed by atoms with Gasteiger partial charge in [0.2, 0.25) is 17.2 Å². The van der Waals surface area contributed by atoms with Gasteiger partial charge in [-0.25, -0.2) is 0 Å². The predicted octanol–water partition coefficient (Wildman–Crippen LogP) is 2.35. The number of ether oxygens (including phenoxy) is 1. The highest BCUT2D eigenvalue weighted by atomic mass is 35.5. The van der Waals surface area contributed by atoms with Gasteiger partial charge in [0.25, 0.3) is 0 Å². The number of hydrogen-bond donors (Lipinski definition) is 1. The van der Waals surface area contributed by atoms with Gasteiger partial charge in [-0.15, -0.1) is 0 Å². The molecule has 1 unspecified atom stereocenters. The Morgan fingerprint density at radius 1 is 1.25 bits per heavy atom. The lowest BCUT2D eigenvalue weighted by Gasteiger charge is -2.27. The summed E-state index contributed by atoms with van der Waals surface area (Å²) in [5, 5.41) is 3.48. The third-order valence-electron chi connectivity index (χ3n) is 3.43. The Kier molecular flexibility index (Phi) is 5.79. The molecule has 0 radical (unpaired) electrons. The first-order valence-electron chi connectivity index (χ1n) is 7.15. The van der Waals surface area contributed by atoms with Gasteiger partial charge < -0.3 is 15.0 Å². The Hall–Kier alpha value is -1.14. The Bertz CT molecular complexity index is 425. The van der Waals surface area contributed by atoms with Crippen LogP contribution in [-0.4, -0.2) is 47.8 Å². The van der Waals surface area contributed by atoms with E-state index in [2.05, 4.69) is 32.1 Å². The Morgan fingerprint density at radius 3 is 2.65 bits per heavy atom. The van der Waals surface area contributed by atoms with Crippen molar-refractivity contribution in [2.45, 2.75) is 38.6 Å². The minimum atomic E-state index is 0.174. The van der Waals surface area contributed by atoms with Crippen LogP contribution in [0.15, 0.2) is 0 Å². The van der Waals surface area contributed by atoms with E-state index in [0.29, 0.717) is 18.5 Å². The first-order chi connectivity index (χ1) is 9.72. The maximum absolute atomic E-state index is 6.01. The molecule has 112 valence electrons. The second-order valence-corrected chi connectivity index (χ2v) is 5.32. The van der Waals surface area contributed by atoms with E-state index in [-0.39, 0.29) is 11.3 Å². The van der Waals surface area contributed by atoms with Crippen molar-refractivity contribution in [3.63, 3.8) is 0 Å². The van der Waals surface area contributed by atoms with Crippen LogP contribution >= 0.6 is 11.6 Å². The molecular weight excluding hydrogens is 278 g/mol. The lowest BCUT2D eigenvalue weighted by Crippen LogP contribution is -2.32. The van der Waals surface area contributed by atoms with Gasteiger partial charge in [0.15, 0.2) is 0 Å². The maximum atomic E-state index is 6.01. The summed E-state index contributed by atoms with van der Waals surface area (Å²) in [5.41, 5.74) is 0. The largest absolute Gasteiger partial charge is 0.383 e. The van der Waals surface area contributed by atoms with E-state index >= 15 is 0 Å². The van der Waals surface area contributed by atoms with E-state index in [4.69, 9.17) is 16.3 Å². The molecule has 20 heavy (non-hydrogen) atoms. The van der Waals surface area contributed by atoms with Crippen molar-refractivity contribution in [1.82, 2.24) is 15.0 Å². The van der Waals surface area contributed by atoms with E-state index in [9.17, 15) is 0 Å². The fraction of sp³-hybridized carbons (Fsp3) is 0.769. The van der Waals surface area contributed by atoms with Crippen LogP contribution in [0.25, 0.3) is 0 Å². The second-order valence-electron chi connectivity index (χ2n) is 4.98. The number of anilines is 2. The lowest BCUT2D eigenvalue weighted by atomic mass is 10.1. The molecule has 2 heterocycles. The zero-order valence-electron chi connectivity index (χ0n) is 12.1. The molecule has 1 saturated heterocycles. The molecule has 0 spiro atoms. The molecule has 0 aliphatic carbocycles. The van der Waals surface area contributed by atoms with Gasteiger partial charge in [0.05, 0.1) is 12.6 Å².